The summed E-state index contributed by atoms with van der Waals surface area (Å²) in [5, 5.41) is 0. The number of rotatable bonds is 3. The number of hydrogen-bond acceptors (Lipinski definition) is 2. The standard InChI is InChI=1S/C16H24N2O/c1-12-9-13(2)11-18(10-12)16(19)8-7-14-5-3-4-6-15(14)17/h3-6,12-13H,7-11,17H2,1-2H3. The van der Waals surface area contributed by atoms with Crippen molar-refractivity contribution in [2.24, 2.45) is 11.8 Å². The van der Waals surface area contributed by atoms with Crippen LogP contribution >= 0.6 is 0 Å². The zero-order valence-electron chi connectivity index (χ0n) is 11.9. The van der Waals surface area contributed by atoms with E-state index in [1.165, 1.54) is 6.42 Å². The van der Waals surface area contributed by atoms with E-state index in [1.54, 1.807) is 0 Å². The van der Waals surface area contributed by atoms with Gasteiger partial charge in [0.1, 0.15) is 0 Å². The van der Waals surface area contributed by atoms with Gasteiger partial charge in [-0.2, -0.15) is 0 Å². The molecule has 1 aromatic carbocycles. The summed E-state index contributed by atoms with van der Waals surface area (Å²) in [6.45, 7) is 6.27. The van der Waals surface area contributed by atoms with Gasteiger partial charge in [-0.3, -0.25) is 4.79 Å². The van der Waals surface area contributed by atoms with Crippen molar-refractivity contribution >= 4 is 11.6 Å². The van der Waals surface area contributed by atoms with E-state index in [4.69, 9.17) is 5.73 Å². The molecule has 2 unspecified atom stereocenters. The van der Waals surface area contributed by atoms with Crippen molar-refractivity contribution in [1.82, 2.24) is 4.90 Å². The molecular weight excluding hydrogens is 236 g/mol. The number of amides is 1. The number of nitrogen functional groups attached to an aromatic ring is 1. The molecule has 3 heteroatoms. The van der Waals surface area contributed by atoms with Crippen LogP contribution in [0, 0.1) is 11.8 Å². The average molecular weight is 260 g/mol. The van der Waals surface area contributed by atoms with E-state index in [2.05, 4.69) is 13.8 Å². The molecule has 0 bridgehead atoms. The molecule has 2 rings (SSSR count). The lowest BCUT2D eigenvalue weighted by Gasteiger charge is -2.35. The predicted molar refractivity (Wildman–Crippen MR) is 78.7 cm³/mol. The fraction of sp³-hybridized carbons (Fsp3) is 0.562. The molecule has 0 spiro atoms. The zero-order chi connectivity index (χ0) is 13.8. The second-order valence-electron chi connectivity index (χ2n) is 5.94. The van der Waals surface area contributed by atoms with Crippen LogP contribution in [0.1, 0.15) is 32.3 Å². The molecule has 0 aromatic heterocycles. The van der Waals surface area contributed by atoms with Gasteiger partial charge < -0.3 is 10.6 Å². The summed E-state index contributed by atoms with van der Waals surface area (Å²) in [6, 6.07) is 7.80. The van der Waals surface area contributed by atoms with Crippen LogP contribution in [0.2, 0.25) is 0 Å². The Morgan fingerprint density at radius 2 is 1.89 bits per heavy atom. The second-order valence-corrected chi connectivity index (χ2v) is 5.94. The minimum atomic E-state index is 0.265. The molecule has 1 saturated heterocycles. The SMILES string of the molecule is CC1CC(C)CN(C(=O)CCc2ccccc2N)C1. The lowest BCUT2D eigenvalue weighted by atomic mass is 9.91. The maximum Gasteiger partial charge on any atom is 0.222 e. The third-order valence-electron chi connectivity index (χ3n) is 3.88. The molecule has 3 nitrogen and oxygen atoms in total. The summed E-state index contributed by atoms with van der Waals surface area (Å²) in [5.41, 5.74) is 7.77. The van der Waals surface area contributed by atoms with Gasteiger partial charge in [0, 0.05) is 25.2 Å². The van der Waals surface area contributed by atoms with Crippen LogP contribution in [-0.2, 0) is 11.2 Å². The van der Waals surface area contributed by atoms with E-state index in [-0.39, 0.29) is 5.91 Å². The van der Waals surface area contributed by atoms with Gasteiger partial charge >= 0.3 is 0 Å². The number of hydrogen-bond donors (Lipinski definition) is 1. The van der Waals surface area contributed by atoms with Crippen molar-refractivity contribution in [3.8, 4) is 0 Å². The van der Waals surface area contributed by atoms with E-state index < -0.39 is 0 Å². The van der Waals surface area contributed by atoms with Crippen LogP contribution in [0.4, 0.5) is 5.69 Å². The number of piperidine rings is 1. The predicted octanol–water partition coefficient (Wildman–Crippen LogP) is 2.71. The molecule has 19 heavy (non-hydrogen) atoms. The number of anilines is 1. The molecule has 2 N–H and O–H groups in total. The third kappa shape index (κ3) is 3.72. The highest BCUT2D eigenvalue weighted by Gasteiger charge is 2.24. The Morgan fingerprint density at radius 1 is 1.26 bits per heavy atom. The Labute approximate surface area is 115 Å². The molecule has 1 aliphatic heterocycles. The zero-order valence-corrected chi connectivity index (χ0v) is 11.9. The lowest BCUT2D eigenvalue weighted by molar-refractivity contribution is -0.133. The van der Waals surface area contributed by atoms with Crippen LogP contribution in [0.25, 0.3) is 0 Å². The molecule has 1 amide bonds. The Hall–Kier alpha value is -1.51. The molecule has 104 valence electrons. The fourth-order valence-electron chi connectivity index (χ4n) is 3.03. The van der Waals surface area contributed by atoms with Crippen LogP contribution in [0.5, 0.6) is 0 Å². The summed E-state index contributed by atoms with van der Waals surface area (Å²) < 4.78 is 0. The van der Waals surface area contributed by atoms with Gasteiger partial charge in [0.25, 0.3) is 0 Å². The molecule has 0 aliphatic carbocycles. The third-order valence-corrected chi connectivity index (χ3v) is 3.88. The maximum absolute atomic E-state index is 12.3. The van der Waals surface area contributed by atoms with Gasteiger partial charge in [0.05, 0.1) is 0 Å². The Morgan fingerprint density at radius 3 is 2.53 bits per heavy atom. The topological polar surface area (TPSA) is 46.3 Å². The second kappa shape index (κ2) is 6.09. The fourth-order valence-corrected chi connectivity index (χ4v) is 3.03. The number of carbonyl (C=O) groups excluding carboxylic acids is 1. The highest BCUT2D eigenvalue weighted by molar-refractivity contribution is 5.76. The first-order chi connectivity index (χ1) is 9.06. The number of carbonyl (C=O) groups is 1. The van der Waals surface area contributed by atoms with E-state index in [9.17, 15) is 4.79 Å². The van der Waals surface area contributed by atoms with Gasteiger partial charge in [-0.15, -0.1) is 0 Å². The quantitative estimate of drug-likeness (QED) is 0.849. The Kier molecular flexibility index (Phi) is 4.46. The lowest BCUT2D eigenvalue weighted by Crippen LogP contribution is -2.42. The first kappa shape index (κ1) is 13.9. The first-order valence-electron chi connectivity index (χ1n) is 7.17. The van der Waals surface area contributed by atoms with Crippen molar-refractivity contribution in [3.63, 3.8) is 0 Å². The summed E-state index contributed by atoms with van der Waals surface area (Å²) in [7, 11) is 0. The van der Waals surface area contributed by atoms with Crippen molar-refractivity contribution < 1.29 is 4.79 Å². The molecule has 1 heterocycles. The number of likely N-dealkylation sites (tertiary alicyclic amines) is 1. The van der Waals surface area contributed by atoms with E-state index in [0.717, 1.165) is 30.8 Å². The molecule has 1 aromatic rings. The van der Waals surface area contributed by atoms with Crippen molar-refractivity contribution in [3.05, 3.63) is 29.8 Å². The smallest absolute Gasteiger partial charge is 0.222 e. The van der Waals surface area contributed by atoms with Gasteiger partial charge in [0.2, 0.25) is 5.91 Å². The maximum atomic E-state index is 12.3. The van der Waals surface area contributed by atoms with Gasteiger partial charge in [-0.1, -0.05) is 32.0 Å². The summed E-state index contributed by atoms with van der Waals surface area (Å²) in [4.78, 5) is 14.3. The Balaban J connectivity index is 1.89. The molecule has 0 saturated carbocycles. The number of nitrogens with two attached hydrogens (primary N) is 1. The molecule has 2 atom stereocenters. The van der Waals surface area contributed by atoms with E-state index in [0.29, 0.717) is 18.3 Å². The minimum absolute atomic E-state index is 0.265. The monoisotopic (exact) mass is 260 g/mol. The highest BCUT2D eigenvalue weighted by atomic mass is 16.2. The molecule has 0 radical (unpaired) electrons. The summed E-state index contributed by atoms with van der Waals surface area (Å²) >= 11 is 0. The van der Waals surface area contributed by atoms with Crippen LogP contribution in [-0.4, -0.2) is 23.9 Å². The number of benzene rings is 1. The number of aryl methyl sites for hydroxylation is 1. The van der Waals surface area contributed by atoms with Crippen LogP contribution in [0.3, 0.4) is 0 Å². The van der Waals surface area contributed by atoms with Gasteiger partial charge in [0.15, 0.2) is 0 Å². The molecule has 1 fully saturated rings. The largest absolute Gasteiger partial charge is 0.399 e. The molecular formula is C16H24N2O. The van der Waals surface area contributed by atoms with E-state index >= 15 is 0 Å². The molecule has 1 aliphatic rings. The summed E-state index contributed by atoms with van der Waals surface area (Å²) in [5.74, 6) is 1.51. The number of para-hydroxylation sites is 1. The normalized spacial score (nSPS) is 23.4. The van der Waals surface area contributed by atoms with Crippen molar-refractivity contribution in [1.29, 1.82) is 0 Å². The van der Waals surface area contributed by atoms with Crippen LogP contribution in [0.15, 0.2) is 24.3 Å². The summed E-state index contributed by atoms with van der Waals surface area (Å²) in [6.07, 6.45) is 2.54. The van der Waals surface area contributed by atoms with Crippen LogP contribution < -0.4 is 5.73 Å². The van der Waals surface area contributed by atoms with E-state index in [1.807, 2.05) is 29.2 Å². The minimum Gasteiger partial charge on any atom is -0.399 e. The number of nitrogens with zero attached hydrogens (tertiary/aromatic N) is 1. The highest BCUT2D eigenvalue weighted by Crippen LogP contribution is 2.22. The Bertz CT molecular complexity index is 434. The van der Waals surface area contributed by atoms with Crippen molar-refractivity contribution in [2.75, 3.05) is 18.8 Å². The van der Waals surface area contributed by atoms with Gasteiger partial charge in [-0.05, 0) is 36.3 Å². The van der Waals surface area contributed by atoms with Gasteiger partial charge in [-0.25, -0.2) is 0 Å². The first-order valence-corrected chi connectivity index (χ1v) is 7.17. The average Bonchev–Trinajstić information content (AvgIpc) is 2.36. The van der Waals surface area contributed by atoms with Crippen molar-refractivity contribution in [2.45, 2.75) is 33.1 Å².